The Labute approximate surface area is 143 Å². The van der Waals surface area contributed by atoms with E-state index in [9.17, 15) is 9.59 Å². The van der Waals surface area contributed by atoms with E-state index in [1.807, 2.05) is 6.92 Å². The molecular weight excluding hydrogens is 389 g/mol. The molecular formula is C14H20InN3O4. The van der Waals surface area contributed by atoms with Crippen LogP contribution in [0.3, 0.4) is 0 Å². The van der Waals surface area contributed by atoms with Crippen molar-refractivity contribution in [1.82, 2.24) is 14.2 Å². The van der Waals surface area contributed by atoms with Crippen molar-refractivity contribution in [2.45, 2.75) is 31.5 Å². The molecule has 0 amide bonds. The predicted octanol–water partition coefficient (Wildman–Crippen LogP) is 0.833. The number of ether oxygens (including phenoxy) is 2. The van der Waals surface area contributed by atoms with Gasteiger partial charge in [0.05, 0.1) is 13.7 Å². The van der Waals surface area contributed by atoms with E-state index in [0.29, 0.717) is 5.52 Å². The maximum atomic E-state index is 12.3. The van der Waals surface area contributed by atoms with Gasteiger partial charge in [-0.1, -0.05) is 6.92 Å². The van der Waals surface area contributed by atoms with Gasteiger partial charge in [0.25, 0.3) is 5.56 Å². The number of fused-ring (bicyclic) bond motifs is 1. The van der Waals surface area contributed by atoms with Crippen molar-refractivity contribution < 1.29 is 14.3 Å². The van der Waals surface area contributed by atoms with E-state index in [4.69, 9.17) is 9.47 Å². The van der Waals surface area contributed by atoms with Crippen LogP contribution in [0.5, 0.6) is 6.01 Å². The zero-order valence-electron chi connectivity index (χ0n) is 13.3. The molecule has 0 aromatic carbocycles. The molecule has 2 aromatic heterocycles. The summed E-state index contributed by atoms with van der Waals surface area (Å²) in [6.07, 6.45) is 2.60. The van der Waals surface area contributed by atoms with Crippen LogP contribution in [0, 0.1) is 0 Å². The Kier molecular flexibility index (Phi) is 7.50. The molecule has 0 aliphatic carbocycles. The number of hydrogen-bond donors (Lipinski definition) is 0. The van der Waals surface area contributed by atoms with Gasteiger partial charge in [-0.2, -0.15) is 0 Å². The Hall–Kier alpha value is -1.44. The maximum absolute atomic E-state index is 12.3. The van der Waals surface area contributed by atoms with E-state index < -0.39 is 5.97 Å². The SMILES string of the molecule is CCOC(=O)Cn1nc(OC)n2cc(CC)cc2c1=O.[CH3][In]. The number of nitrogens with zero attached hydrogens (tertiary/aromatic N) is 3. The minimum absolute atomic E-state index is 0.230. The molecule has 0 atom stereocenters. The second-order valence-corrected chi connectivity index (χ2v) is 4.21. The summed E-state index contributed by atoms with van der Waals surface area (Å²) in [5.41, 5.74) is 1.08. The van der Waals surface area contributed by atoms with Crippen LogP contribution in [0.2, 0.25) is 4.68 Å². The third-order valence-electron chi connectivity index (χ3n) is 2.92. The second kappa shape index (κ2) is 8.87. The van der Waals surface area contributed by atoms with Gasteiger partial charge < -0.3 is 9.47 Å². The normalized spacial score (nSPS) is 10.0. The molecule has 0 fully saturated rings. The van der Waals surface area contributed by atoms with Crippen LogP contribution >= 0.6 is 0 Å². The molecule has 2 heterocycles. The van der Waals surface area contributed by atoms with Crippen LogP contribution < -0.4 is 10.3 Å². The number of aromatic nitrogens is 3. The van der Waals surface area contributed by atoms with Crippen molar-refractivity contribution in [2.24, 2.45) is 0 Å². The molecule has 2 radical (unpaired) electrons. The van der Waals surface area contributed by atoms with E-state index in [-0.39, 0.29) is 24.7 Å². The van der Waals surface area contributed by atoms with Gasteiger partial charge in [-0.15, -0.1) is 5.10 Å². The quantitative estimate of drug-likeness (QED) is 0.685. The topological polar surface area (TPSA) is 74.8 Å². The summed E-state index contributed by atoms with van der Waals surface area (Å²) in [5.74, 6) is -0.504. The van der Waals surface area contributed by atoms with Gasteiger partial charge in [-0.3, -0.25) is 14.0 Å². The van der Waals surface area contributed by atoms with Crippen LogP contribution in [0.15, 0.2) is 17.1 Å². The summed E-state index contributed by atoms with van der Waals surface area (Å²) in [6, 6.07) is 2.03. The molecule has 7 nitrogen and oxygen atoms in total. The first kappa shape index (κ1) is 18.6. The third kappa shape index (κ3) is 4.06. The Morgan fingerprint density at radius 1 is 1.36 bits per heavy atom. The van der Waals surface area contributed by atoms with Gasteiger partial charge >= 0.3 is 41.0 Å². The van der Waals surface area contributed by atoms with Gasteiger partial charge in [-0.05, 0) is 25.0 Å². The summed E-state index contributed by atoms with van der Waals surface area (Å²) in [4.78, 5) is 23.8. The Morgan fingerprint density at radius 2 is 2.05 bits per heavy atom. The van der Waals surface area contributed by atoms with Gasteiger partial charge in [0.2, 0.25) is 0 Å². The molecule has 2 rings (SSSR count). The molecule has 0 saturated heterocycles. The summed E-state index contributed by atoms with van der Waals surface area (Å²) in [7, 11) is 1.46. The molecule has 22 heavy (non-hydrogen) atoms. The Morgan fingerprint density at radius 3 is 2.59 bits per heavy atom. The molecule has 0 bridgehead atoms. The molecule has 0 N–H and O–H groups in total. The van der Waals surface area contributed by atoms with Gasteiger partial charge in [0.1, 0.15) is 12.1 Å². The number of carbonyl (C=O) groups excluding carboxylic acids is 1. The van der Waals surface area contributed by atoms with Crippen LogP contribution in [-0.4, -0.2) is 58.2 Å². The predicted molar refractivity (Wildman–Crippen MR) is 83.6 cm³/mol. The van der Waals surface area contributed by atoms with Crippen molar-refractivity contribution >= 4 is 35.9 Å². The van der Waals surface area contributed by atoms with Crippen LogP contribution in [0.1, 0.15) is 19.4 Å². The Bertz CT molecular complexity index is 693. The van der Waals surface area contributed by atoms with Crippen molar-refractivity contribution in [3.8, 4) is 6.01 Å². The van der Waals surface area contributed by atoms with E-state index in [1.54, 1.807) is 23.6 Å². The minimum atomic E-state index is -0.504. The first-order valence-corrected chi connectivity index (χ1v) is 10.3. The average Bonchev–Trinajstić information content (AvgIpc) is 2.97. The molecule has 0 aliphatic rings. The second-order valence-electron chi connectivity index (χ2n) is 4.21. The zero-order valence-corrected chi connectivity index (χ0v) is 16.6. The first-order chi connectivity index (χ1) is 10.6. The molecule has 8 heteroatoms. The monoisotopic (exact) mass is 409 g/mol. The molecule has 2 aromatic rings. The van der Waals surface area contributed by atoms with Crippen LogP contribution in [0.25, 0.3) is 5.52 Å². The molecule has 0 unspecified atom stereocenters. The summed E-state index contributed by atoms with van der Waals surface area (Å²) in [5, 5.41) is 4.03. The van der Waals surface area contributed by atoms with Crippen molar-refractivity contribution in [3.05, 3.63) is 28.2 Å². The molecule has 0 aliphatic heterocycles. The zero-order chi connectivity index (χ0) is 16.7. The van der Waals surface area contributed by atoms with Crippen molar-refractivity contribution in [1.29, 1.82) is 0 Å². The molecule has 0 saturated carbocycles. The fraction of sp³-hybridized carbons (Fsp3) is 0.500. The number of esters is 1. The molecule has 0 spiro atoms. The third-order valence-corrected chi connectivity index (χ3v) is 2.92. The number of rotatable bonds is 5. The number of methoxy groups -OCH3 is 1. The van der Waals surface area contributed by atoms with Gasteiger partial charge in [-0.25, -0.2) is 4.68 Å². The fourth-order valence-electron chi connectivity index (χ4n) is 1.94. The van der Waals surface area contributed by atoms with Gasteiger partial charge in [0.15, 0.2) is 0 Å². The number of aryl methyl sites for hydroxylation is 1. The summed E-state index contributed by atoms with van der Waals surface area (Å²) >= 11 is 1.35. The van der Waals surface area contributed by atoms with Crippen LogP contribution in [0.4, 0.5) is 0 Å². The fourth-order valence-corrected chi connectivity index (χ4v) is 1.94. The first-order valence-electron chi connectivity index (χ1n) is 7.00. The summed E-state index contributed by atoms with van der Waals surface area (Å²) in [6.45, 7) is 3.73. The van der Waals surface area contributed by atoms with Crippen molar-refractivity contribution in [2.75, 3.05) is 13.7 Å². The average molecular weight is 409 g/mol. The van der Waals surface area contributed by atoms with E-state index in [0.717, 1.165) is 16.7 Å². The number of hydrogen-bond acceptors (Lipinski definition) is 5. The number of carbonyl (C=O) groups is 1. The van der Waals surface area contributed by atoms with Crippen molar-refractivity contribution in [3.63, 3.8) is 0 Å². The van der Waals surface area contributed by atoms with Gasteiger partial charge in [0, 0.05) is 6.20 Å². The molecule has 118 valence electrons. The standard InChI is InChI=1S/C13H17N3O4.CH3.In/c1-4-9-6-10-12(18)16(8-11(17)20-5-2)14-13(19-3)15(10)7-9;;/h6-7H,4-5,8H2,1-3H3;1H3;. The van der Waals surface area contributed by atoms with E-state index >= 15 is 0 Å². The van der Waals surface area contributed by atoms with E-state index in [2.05, 4.69) is 9.78 Å². The van der Waals surface area contributed by atoms with E-state index in [1.165, 1.54) is 31.5 Å². The Balaban J connectivity index is 0.00000116. The van der Waals surface area contributed by atoms with Crippen LogP contribution in [-0.2, 0) is 22.5 Å². The summed E-state index contributed by atoms with van der Waals surface area (Å²) < 4.78 is 14.8.